The van der Waals surface area contributed by atoms with Crippen molar-refractivity contribution in [3.05, 3.63) is 28.8 Å². The van der Waals surface area contributed by atoms with E-state index in [1.54, 1.807) is 32.4 Å². The standard InChI is InChI=1S/C14H19ClN2O3/c1-16-11-4-3-9(15)7-10(11)14(18)17-12-5-6-20-8-13(12)19-2/h3-4,7,12-13,16H,5-6,8H2,1-2H3,(H,17,18)/t12-,13-/m0/s1. The van der Waals surface area contributed by atoms with Crippen LogP contribution in [0.3, 0.4) is 0 Å². The van der Waals surface area contributed by atoms with E-state index in [1.807, 2.05) is 0 Å². The van der Waals surface area contributed by atoms with Crippen molar-refractivity contribution in [1.82, 2.24) is 5.32 Å². The second-order valence-corrected chi connectivity index (χ2v) is 5.09. The minimum atomic E-state index is -0.161. The van der Waals surface area contributed by atoms with E-state index in [1.165, 1.54) is 0 Å². The van der Waals surface area contributed by atoms with Gasteiger partial charge in [-0.3, -0.25) is 4.79 Å². The van der Waals surface area contributed by atoms with Crippen LogP contribution in [0.2, 0.25) is 5.02 Å². The van der Waals surface area contributed by atoms with E-state index in [4.69, 9.17) is 21.1 Å². The first-order chi connectivity index (χ1) is 9.65. The molecule has 20 heavy (non-hydrogen) atoms. The largest absolute Gasteiger partial charge is 0.387 e. The van der Waals surface area contributed by atoms with Gasteiger partial charge in [0.05, 0.1) is 18.2 Å². The lowest BCUT2D eigenvalue weighted by Gasteiger charge is -2.31. The summed E-state index contributed by atoms with van der Waals surface area (Å²) in [6, 6.07) is 5.14. The van der Waals surface area contributed by atoms with Crippen LogP contribution in [0.25, 0.3) is 0 Å². The Balaban J connectivity index is 2.13. The number of carbonyl (C=O) groups is 1. The average molecular weight is 299 g/mol. The lowest BCUT2D eigenvalue weighted by Crippen LogP contribution is -2.49. The Bertz CT molecular complexity index is 481. The van der Waals surface area contributed by atoms with E-state index in [0.717, 1.165) is 12.1 Å². The number of amides is 1. The van der Waals surface area contributed by atoms with Crippen LogP contribution in [-0.2, 0) is 9.47 Å². The van der Waals surface area contributed by atoms with Gasteiger partial charge in [0.2, 0.25) is 0 Å². The van der Waals surface area contributed by atoms with Gasteiger partial charge in [-0.05, 0) is 24.6 Å². The highest BCUT2D eigenvalue weighted by atomic mass is 35.5. The van der Waals surface area contributed by atoms with Crippen LogP contribution in [0.15, 0.2) is 18.2 Å². The lowest BCUT2D eigenvalue weighted by atomic mass is 10.0. The van der Waals surface area contributed by atoms with Crippen molar-refractivity contribution in [3.63, 3.8) is 0 Å². The molecule has 6 heteroatoms. The summed E-state index contributed by atoms with van der Waals surface area (Å²) >= 11 is 5.96. The molecular formula is C14H19ClN2O3. The van der Waals surface area contributed by atoms with Gasteiger partial charge in [-0.1, -0.05) is 11.6 Å². The van der Waals surface area contributed by atoms with Gasteiger partial charge in [-0.25, -0.2) is 0 Å². The van der Waals surface area contributed by atoms with E-state index in [9.17, 15) is 4.79 Å². The van der Waals surface area contributed by atoms with E-state index in [2.05, 4.69) is 10.6 Å². The lowest BCUT2D eigenvalue weighted by molar-refractivity contribution is -0.0479. The third kappa shape index (κ3) is 3.42. The Morgan fingerprint density at radius 2 is 2.30 bits per heavy atom. The van der Waals surface area contributed by atoms with Crippen molar-refractivity contribution in [2.75, 3.05) is 32.7 Å². The summed E-state index contributed by atoms with van der Waals surface area (Å²) in [4.78, 5) is 12.4. The number of hydrogen-bond acceptors (Lipinski definition) is 4. The first kappa shape index (κ1) is 15.1. The molecule has 1 aliphatic rings. The molecule has 0 aliphatic carbocycles. The maximum atomic E-state index is 12.4. The second kappa shape index (κ2) is 6.92. The summed E-state index contributed by atoms with van der Waals surface area (Å²) in [5.41, 5.74) is 1.27. The predicted octanol–water partition coefficient (Wildman–Crippen LogP) is 1.92. The van der Waals surface area contributed by atoms with Crippen molar-refractivity contribution in [1.29, 1.82) is 0 Å². The molecule has 110 valence electrons. The van der Waals surface area contributed by atoms with Crippen LogP contribution in [0.5, 0.6) is 0 Å². The highest BCUT2D eigenvalue weighted by Crippen LogP contribution is 2.21. The van der Waals surface area contributed by atoms with Gasteiger partial charge in [0.25, 0.3) is 5.91 Å². The Hall–Kier alpha value is -1.30. The molecule has 1 saturated heterocycles. The maximum Gasteiger partial charge on any atom is 0.253 e. The zero-order chi connectivity index (χ0) is 14.5. The van der Waals surface area contributed by atoms with Crippen molar-refractivity contribution in [2.45, 2.75) is 18.6 Å². The van der Waals surface area contributed by atoms with Crippen LogP contribution in [-0.4, -0.2) is 45.4 Å². The minimum Gasteiger partial charge on any atom is -0.387 e. The molecule has 2 atom stereocenters. The number of methoxy groups -OCH3 is 1. The Morgan fingerprint density at radius 3 is 3.00 bits per heavy atom. The number of carbonyl (C=O) groups excluding carboxylic acids is 1. The van der Waals surface area contributed by atoms with Gasteiger partial charge in [0.1, 0.15) is 6.10 Å². The molecule has 0 radical (unpaired) electrons. The van der Waals surface area contributed by atoms with Crippen molar-refractivity contribution in [2.24, 2.45) is 0 Å². The van der Waals surface area contributed by atoms with Gasteiger partial charge in [0, 0.05) is 31.5 Å². The Labute approximate surface area is 123 Å². The van der Waals surface area contributed by atoms with Crippen molar-refractivity contribution < 1.29 is 14.3 Å². The smallest absolute Gasteiger partial charge is 0.253 e. The van der Waals surface area contributed by atoms with E-state index in [0.29, 0.717) is 23.8 Å². The molecule has 0 spiro atoms. The van der Waals surface area contributed by atoms with Gasteiger partial charge in [0.15, 0.2) is 0 Å². The van der Waals surface area contributed by atoms with E-state index < -0.39 is 0 Å². The molecule has 2 N–H and O–H groups in total. The van der Waals surface area contributed by atoms with Gasteiger partial charge in [-0.2, -0.15) is 0 Å². The third-order valence-corrected chi connectivity index (χ3v) is 3.65. The molecule has 0 unspecified atom stereocenters. The van der Waals surface area contributed by atoms with Crippen molar-refractivity contribution >= 4 is 23.2 Å². The zero-order valence-electron chi connectivity index (χ0n) is 11.6. The third-order valence-electron chi connectivity index (χ3n) is 3.42. The molecule has 5 nitrogen and oxygen atoms in total. The fourth-order valence-electron chi connectivity index (χ4n) is 2.28. The Morgan fingerprint density at radius 1 is 1.50 bits per heavy atom. The molecule has 2 rings (SSSR count). The summed E-state index contributed by atoms with van der Waals surface area (Å²) in [7, 11) is 3.39. The van der Waals surface area contributed by atoms with Crippen molar-refractivity contribution in [3.8, 4) is 0 Å². The first-order valence-electron chi connectivity index (χ1n) is 6.54. The van der Waals surface area contributed by atoms with Gasteiger partial charge >= 0.3 is 0 Å². The number of hydrogen-bond donors (Lipinski definition) is 2. The molecular weight excluding hydrogens is 280 g/mol. The quantitative estimate of drug-likeness (QED) is 0.891. The number of ether oxygens (including phenoxy) is 2. The maximum absolute atomic E-state index is 12.4. The molecule has 1 aromatic rings. The summed E-state index contributed by atoms with van der Waals surface area (Å²) in [5.74, 6) is -0.161. The zero-order valence-corrected chi connectivity index (χ0v) is 12.4. The molecule has 0 saturated carbocycles. The topological polar surface area (TPSA) is 59.6 Å². The number of nitrogens with one attached hydrogen (secondary N) is 2. The number of rotatable bonds is 4. The molecule has 1 fully saturated rings. The number of benzene rings is 1. The van der Waals surface area contributed by atoms with Crippen LogP contribution in [0.1, 0.15) is 16.8 Å². The van der Waals surface area contributed by atoms with Crippen LogP contribution < -0.4 is 10.6 Å². The molecule has 0 bridgehead atoms. The molecule has 1 aromatic carbocycles. The molecule has 1 heterocycles. The normalized spacial score (nSPS) is 22.4. The van der Waals surface area contributed by atoms with Crippen LogP contribution >= 0.6 is 11.6 Å². The van der Waals surface area contributed by atoms with Crippen LogP contribution in [0.4, 0.5) is 5.69 Å². The highest BCUT2D eigenvalue weighted by Gasteiger charge is 2.27. The highest BCUT2D eigenvalue weighted by molar-refractivity contribution is 6.31. The summed E-state index contributed by atoms with van der Waals surface area (Å²) in [6.45, 7) is 1.12. The number of anilines is 1. The Kier molecular flexibility index (Phi) is 5.23. The minimum absolute atomic E-state index is 0.0510. The van der Waals surface area contributed by atoms with Gasteiger partial charge < -0.3 is 20.1 Å². The first-order valence-corrected chi connectivity index (χ1v) is 6.92. The summed E-state index contributed by atoms with van der Waals surface area (Å²) < 4.78 is 10.7. The molecule has 0 aromatic heterocycles. The molecule has 1 amide bonds. The SMILES string of the molecule is CNc1ccc(Cl)cc1C(=O)N[C@H]1CCOC[C@@H]1OC. The van der Waals surface area contributed by atoms with Crippen LogP contribution in [0, 0.1) is 0 Å². The second-order valence-electron chi connectivity index (χ2n) is 4.66. The fraction of sp³-hybridized carbons (Fsp3) is 0.500. The summed E-state index contributed by atoms with van der Waals surface area (Å²) in [5, 5.41) is 6.52. The predicted molar refractivity (Wildman–Crippen MR) is 78.5 cm³/mol. The monoisotopic (exact) mass is 298 g/mol. The number of halogens is 1. The fourth-order valence-corrected chi connectivity index (χ4v) is 2.45. The van der Waals surface area contributed by atoms with E-state index in [-0.39, 0.29) is 18.1 Å². The van der Waals surface area contributed by atoms with E-state index >= 15 is 0 Å². The van der Waals surface area contributed by atoms with Gasteiger partial charge in [-0.15, -0.1) is 0 Å². The average Bonchev–Trinajstić information content (AvgIpc) is 2.47. The molecule has 1 aliphatic heterocycles. The summed E-state index contributed by atoms with van der Waals surface area (Å²) in [6.07, 6.45) is 0.615.